The molecule has 0 radical (unpaired) electrons. The van der Waals surface area contributed by atoms with Gasteiger partial charge in [-0.2, -0.15) is 0 Å². The number of hydrogen-bond donors (Lipinski definition) is 0. The van der Waals surface area contributed by atoms with Crippen molar-refractivity contribution in [1.29, 1.82) is 0 Å². The third kappa shape index (κ3) is 2.71. The predicted octanol–water partition coefficient (Wildman–Crippen LogP) is 5.72. The van der Waals surface area contributed by atoms with Crippen molar-refractivity contribution in [1.82, 2.24) is 14.5 Å². The Morgan fingerprint density at radius 2 is 1.56 bits per heavy atom. The molecule has 132 valence electrons. The maximum atomic E-state index is 13.9. The first-order valence-corrected chi connectivity index (χ1v) is 8.75. The van der Waals surface area contributed by atoms with Gasteiger partial charge in [0.15, 0.2) is 5.65 Å². The summed E-state index contributed by atoms with van der Waals surface area (Å²) in [4.78, 5) is 9.26. The Morgan fingerprint density at radius 1 is 0.815 bits per heavy atom. The highest BCUT2D eigenvalue weighted by molar-refractivity contribution is 6.30. The van der Waals surface area contributed by atoms with E-state index in [1.807, 2.05) is 28.8 Å². The van der Waals surface area contributed by atoms with Crippen LogP contribution in [-0.2, 0) is 6.54 Å². The second kappa shape index (κ2) is 5.99. The summed E-state index contributed by atoms with van der Waals surface area (Å²) in [6, 6.07) is 16.4. The van der Waals surface area contributed by atoms with Gasteiger partial charge in [0, 0.05) is 23.0 Å². The van der Waals surface area contributed by atoms with Gasteiger partial charge in [0.25, 0.3) is 0 Å². The minimum Gasteiger partial charge on any atom is -0.319 e. The fraction of sp³-hybridized carbons (Fsp3) is 0.0476. The molecule has 0 aliphatic rings. The standard InChI is InChI=1S/C21H12ClF2N3/c22-13-3-1-12(2-4-13)11-27-19-8-6-14(23)9-16(19)20-21(27)26-17-7-5-15(24)10-18(17)25-20/h1-10H,11H2. The molecule has 0 unspecified atom stereocenters. The summed E-state index contributed by atoms with van der Waals surface area (Å²) in [6.07, 6.45) is 0. The van der Waals surface area contributed by atoms with Gasteiger partial charge in [-0.1, -0.05) is 23.7 Å². The Kier molecular flexibility index (Phi) is 3.58. The molecule has 0 aliphatic heterocycles. The van der Waals surface area contributed by atoms with Crippen LogP contribution in [0.5, 0.6) is 0 Å². The summed E-state index contributed by atoms with van der Waals surface area (Å²) >= 11 is 5.98. The average Bonchev–Trinajstić information content (AvgIpc) is 2.94. The molecule has 0 spiro atoms. The summed E-state index contributed by atoms with van der Waals surface area (Å²) in [5.41, 5.74) is 4.06. The molecule has 2 aromatic heterocycles. The number of nitrogens with zero attached hydrogens (tertiary/aromatic N) is 3. The lowest BCUT2D eigenvalue weighted by Gasteiger charge is -2.07. The first-order chi connectivity index (χ1) is 13.1. The van der Waals surface area contributed by atoms with Gasteiger partial charge in [0.1, 0.15) is 17.2 Å². The molecular formula is C21H12ClF2N3. The van der Waals surface area contributed by atoms with Crippen molar-refractivity contribution in [3.05, 3.63) is 82.9 Å². The summed E-state index contributed by atoms with van der Waals surface area (Å²) in [6.45, 7) is 0.532. The zero-order valence-electron chi connectivity index (χ0n) is 14.0. The van der Waals surface area contributed by atoms with Crippen LogP contribution in [0.4, 0.5) is 8.78 Å². The molecule has 3 nitrogen and oxygen atoms in total. The maximum absolute atomic E-state index is 13.9. The summed E-state index contributed by atoms with van der Waals surface area (Å²) in [5.74, 6) is -0.735. The lowest BCUT2D eigenvalue weighted by molar-refractivity contribution is 0.629. The molecule has 0 N–H and O–H groups in total. The third-order valence-electron chi connectivity index (χ3n) is 4.62. The molecule has 2 heterocycles. The first kappa shape index (κ1) is 16.1. The van der Waals surface area contributed by atoms with E-state index < -0.39 is 0 Å². The van der Waals surface area contributed by atoms with Crippen LogP contribution in [0.1, 0.15) is 5.56 Å². The van der Waals surface area contributed by atoms with Gasteiger partial charge < -0.3 is 4.57 Å². The number of fused-ring (bicyclic) bond motifs is 4. The fourth-order valence-corrected chi connectivity index (χ4v) is 3.49. The van der Waals surface area contributed by atoms with Crippen LogP contribution < -0.4 is 0 Å². The fourth-order valence-electron chi connectivity index (χ4n) is 3.37. The Bertz CT molecular complexity index is 1330. The number of hydrogen-bond acceptors (Lipinski definition) is 2. The Labute approximate surface area is 157 Å². The number of halogens is 3. The highest BCUT2D eigenvalue weighted by Gasteiger charge is 2.16. The van der Waals surface area contributed by atoms with E-state index in [2.05, 4.69) is 9.97 Å². The van der Waals surface area contributed by atoms with Crippen LogP contribution in [0.15, 0.2) is 60.7 Å². The van der Waals surface area contributed by atoms with Crippen LogP contribution in [0.25, 0.3) is 33.1 Å². The molecule has 0 bridgehead atoms. The van der Waals surface area contributed by atoms with Crippen LogP contribution >= 0.6 is 11.6 Å². The maximum Gasteiger partial charge on any atom is 0.160 e. The predicted molar refractivity (Wildman–Crippen MR) is 103 cm³/mol. The molecule has 27 heavy (non-hydrogen) atoms. The topological polar surface area (TPSA) is 30.7 Å². The van der Waals surface area contributed by atoms with E-state index in [9.17, 15) is 8.78 Å². The molecule has 0 fully saturated rings. The van der Waals surface area contributed by atoms with E-state index in [4.69, 9.17) is 11.6 Å². The number of benzene rings is 3. The Balaban J connectivity index is 1.83. The van der Waals surface area contributed by atoms with Crippen molar-refractivity contribution in [3.63, 3.8) is 0 Å². The van der Waals surface area contributed by atoms with Gasteiger partial charge in [0.05, 0.1) is 16.6 Å². The van der Waals surface area contributed by atoms with Gasteiger partial charge in [-0.15, -0.1) is 0 Å². The summed E-state index contributed by atoms with van der Waals surface area (Å²) in [7, 11) is 0. The largest absolute Gasteiger partial charge is 0.319 e. The van der Waals surface area contributed by atoms with Gasteiger partial charge in [-0.25, -0.2) is 18.7 Å². The number of aromatic nitrogens is 3. The van der Waals surface area contributed by atoms with Gasteiger partial charge >= 0.3 is 0 Å². The Morgan fingerprint density at radius 3 is 2.37 bits per heavy atom. The van der Waals surface area contributed by atoms with E-state index in [1.54, 1.807) is 12.1 Å². The van der Waals surface area contributed by atoms with E-state index in [0.29, 0.717) is 39.2 Å². The molecule has 5 rings (SSSR count). The van der Waals surface area contributed by atoms with Gasteiger partial charge in [-0.05, 0) is 48.0 Å². The van der Waals surface area contributed by atoms with Crippen LogP contribution in [-0.4, -0.2) is 14.5 Å². The molecule has 0 aliphatic carbocycles. The Hall–Kier alpha value is -3.05. The van der Waals surface area contributed by atoms with Crippen molar-refractivity contribution >= 4 is 44.7 Å². The third-order valence-corrected chi connectivity index (χ3v) is 4.87. The minimum absolute atomic E-state index is 0.353. The summed E-state index contributed by atoms with van der Waals surface area (Å²) < 4.78 is 29.5. The molecular weight excluding hydrogens is 368 g/mol. The molecule has 0 saturated carbocycles. The van der Waals surface area contributed by atoms with Crippen LogP contribution in [0.2, 0.25) is 5.02 Å². The molecule has 0 amide bonds. The van der Waals surface area contributed by atoms with E-state index in [-0.39, 0.29) is 11.6 Å². The van der Waals surface area contributed by atoms with Gasteiger partial charge in [0.2, 0.25) is 0 Å². The van der Waals surface area contributed by atoms with Crippen LogP contribution in [0.3, 0.4) is 0 Å². The van der Waals surface area contributed by atoms with E-state index in [0.717, 1.165) is 11.1 Å². The normalized spacial score (nSPS) is 11.7. The quantitative estimate of drug-likeness (QED) is 0.393. The second-order valence-electron chi connectivity index (χ2n) is 6.40. The van der Waals surface area contributed by atoms with E-state index >= 15 is 0 Å². The highest BCUT2D eigenvalue weighted by atomic mass is 35.5. The molecule has 0 saturated heterocycles. The highest BCUT2D eigenvalue weighted by Crippen LogP contribution is 2.30. The van der Waals surface area contributed by atoms with Crippen LogP contribution in [0, 0.1) is 11.6 Å². The average molecular weight is 380 g/mol. The smallest absolute Gasteiger partial charge is 0.160 e. The second-order valence-corrected chi connectivity index (χ2v) is 6.84. The molecule has 6 heteroatoms. The zero-order chi connectivity index (χ0) is 18.5. The molecule has 0 atom stereocenters. The van der Waals surface area contributed by atoms with Crippen molar-refractivity contribution in [2.45, 2.75) is 6.54 Å². The van der Waals surface area contributed by atoms with Crippen molar-refractivity contribution in [2.75, 3.05) is 0 Å². The first-order valence-electron chi connectivity index (χ1n) is 8.38. The van der Waals surface area contributed by atoms with Crippen molar-refractivity contribution in [3.8, 4) is 0 Å². The zero-order valence-corrected chi connectivity index (χ0v) is 14.7. The lowest BCUT2D eigenvalue weighted by Crippen LogP contribution is -2.01. The van der Waals surface area contributed by atoms with Crippen molar-refractivity contribution in [2.24, 2.45) is 0 Å². The SMILES string of the molecule is Fc1ccc2nc3c(nc2c1)c1cc(F)ccc1n3Cc1ccc(Cl)cc1. The van der Waals surface area contributed by atoms with Gasteiger partial charge in [-0.3, -0.25) is 0 Å². The lowest BCUT2D eigenvalue weighted by atomic mass is 10.2. The van der Waals surface area contributed by atoms with E-state index in [1.165, 1.54) is 24.3 Å². The summed E-state index contributed by atoms with van der Waals surface area (Å²) in [5, 5.41) is 1.31. The monoisotopic (exact) mass is 379 g/mol. The number of rotatable bonds is 2. The minimum atomic E-state index is -0.382. The van der Waals surface area contributed by atoms with Crippen molar-refractivity contribution < 1.29 is 8.78 Å². The molecule has 3 aromatic carbocycles. The molecule has 5 aromatic rings.